The third-order valence-corrected chi connectivity index (χ3v) is 6.60. The third-order valence-electron chi connectivity index (χ3n) is 4.68. The molecule has 1 fully saturated rings. The van der Waals surface area contributed by atoms with Gasteiger partial charge in [0.15, 0.2) is 0 Å². The van der Waals surface area contributed by atoms with Crippen molar-refractivity contribution in [3.63, 3.8) is 0 Å². The Morgan fingerprint density at radius 1 is 1.03 bits per heavy atom. The standard InChI is InChI=1S/C20H22FNO6S/c1-26-17-8-6-16(21)11-15(17)13-28-20(23)14-5-7-18(27-2)19(12-14)29(24,25)22-9-3-4-10-22/h5-8,11-12H,3-4,9-10,13H2,1-2H3. The van der Waals surface area contributed by atoms with Crippen LogP contribution in [0, 0.1) is 5.82 Å². The highest BCUT2D eigenvalue weighted by Gasteiger charge is 2.30. The lowest BCUT2D eigenvalue weighted by molar-refractivity contribution is 0.0469. The molecule has 0 aliphatic carbocycles. The molecular formula is C20H22FNO6S. The van der Waals surface area contributed by atoms with Gasteiger partial charge >= 0.3 is 5.97 Å². The number of sulfonamides is 1. The van der Waals surface area contributed by atoms with E-state index in [4.69, 9.17) is 14.2 Å². The van der Waals surface area contributed by atoms with Crippen LogP contribution in [0.5, 0.6) is 11.5 Å². The molecule has 1 aliphatic rings. The molecule has 7 nitrogen and oxygen atoms in total. The molecule has 9 heteroatoms. The zero-order chi connectivity index (χ0) is 21.0. The second kappa shape index (κ2) is 8.79. The van der Waals surface area contributed by atoms with Crippen LogP contribution in [0.2, 0.25) is 0 Å². The molecular weight excluding hydrogens is 401 g/mol. The van der Waals surface area contributed by atoms with Crippen molar-refractivity contribution in [2.24, 2.45) is 0 Å². The van der Waals surface area contributed by atoms with Crippen molar-refractivity contribution in [1.29, 1.82) is 0 Å². The Labute approximate surface area is 169 Å². The number of benzene rings is 2. The van der Waals surface area contributed by atoms with E-state index in [2.05, 4.69) is 0 Å². The minimum absolute atomic E-state index is 0.0546. The summed E-state index contributed by atoms with van der Waals surface area (Å²) < 4.78 is 56.2. The Balaban J connectivity index is 1.84. The first-order valence-electron chi connectivity index (χ1n) is 9.04. The van der Waals surface area contributed by atoms with Crippen LogP contribution in [0.15, 0.2) is 41.3 Å². The van der Waals surface area contributed by atoms with Gasteiger partial charge < -0.3 is 14.2 Å². The highest BCUT2D eigenvalue weighted by molar-refractivity contribution is 7.89. The Morgan fingerprint density at radius 3 is 2.34 bits per heavy atom. The maximum atomic E-state index is 13.5. The highest BCUT2D eigenvalue weighted by atomic mass is 32.2. The molecule has 29 heavy (non-hydrogen) atoms. The van der Waals surface area contributed by atoms with Crippen LogP contribution < -0.4 is 9.47 Å². The van der Waals surface area contributed by atoms with Gasteiger partial charge in [-0.1, -0.05) is 0 Å². The predicted octanol–water partition coefficient (Wildman–Crippen LogP) is 2.98. The van der Waals surface area contributed by atoms with Gasteiger partial charge in [0.25, 0.3) is 0 Å². The fourth-order valence-corrected chi connectivity index (χ4v) is 4.86. The molecule has 0 N–H and O–H groups in total. The maximum absolute atomic E-state index is 13.5. The molecule has 2 aromatic rings. The van der Waals surface area contributed by atoms with Gasteiger partial charge in [0, 0.05) is 18.7 Å². The summed E-state index contributed by atoms with van der Waals surface area (Å²) >= 11 is 0. The number of ether oxygens (including phenoxy) is 3. The van der Waals surface area contributed by atoms with Crippen LogP contribution in [0.4, 0.5) is 4.39 Å². The van der Waals surface area contributed by atoms with E-state index in [1.807, 2.05) is 0 Å². The number of carbonyl (C=O) groups excluding carboxylic acids is 1. The van der Waals surface area contributed by atoms with Crippen LogP contribution >= 0.6 is 0 Å². The molecule has 0 amide bonds. The Bertz CT molecular complexity index is 1000. The molecule has 0 radical (unpaired) electrons. The first kappa shape index (κ1) is 21.1. The van der Waals surface area contributed by atoms with Gasteiger partial charge in [-0.2, -0.15) is 4.31 Å². The minimum atomic E-state index is -3.79. The second-order valence-electron chi connectivity index (χ2n) is 6.51. The lowest BCUT2D eigenvalue weighted by Gasteiger charge is -2.18. The molecule has 1 aliphatic heterocycles. The quantitative estimate of drug-likeness (QED) is 0.637. The molecule has 0 atom stereocenters. The summed E-state index contributed by atoms with van der Waals surface area (Å²) in [6.07, 6.45) is 1.58. The van der Waals surface area contributed by atoms with Gasteiger partial charge in [0.1, 0.15) is 28.8 Å². The number of hydrogen-bond acceptors (Lipinski definition) is 6. The van der Waals surface area contributed by atoms with Crippen molar-refractivity contribution < 1.29 is 31.8 Å². The van der Waals surface area contributed by atoms with Crippen LogP contribution in [-0.4, -0.2) is 46.0 Å². The zero-order valence-electron chi connectivity index (χ0n) is 16.2. The van der Waals surface area contributed by atoms with E-state index in [0.29, 0.717) is 24.4 Å². The summed E-state index contributed by atoms with van der Waals surface area (Å²) in [6, 6.07) is 7.98. The average Bonchev–Trinajstić information content (AvgIpc) is 3.27. The predicted molar refractivity (Wildman–Crippen MR) is 103 cm³/mol. The number of esters is 1. The van der Waals surface area contributed by atoms with E-state index in [1.54, 1.807) is 0 Å². The van der Waals surface area contributed by atoms with Gasteiger partial charge in [0.05, 0.1) is 19.8 Å². The van der Waals surface area contributed by atoms with E-state index >= 15 is 0 Å². The minimum Gasteiger partial charge on any atom is -0.496 e. The molecule has 1 heterocycles. The summed E-state index contributed by atoms with van der Waals surface area (Å²) in [7, 11) is -0.994. The second-order valence-corrected chi connectivity index (χ2v) is 8.42. The molecule has 3 rings (SSSR count). The van der Waals surface area contributed by atoms with E-state index in [9.17, 15) is 17.6 Å². The van der Waals surface area contributed by atoms with Crippen LogP contribution in [0.3, 0.4) is 0 Å². The number of methoxy groups -OCH3 is 2. The molecule has 1 saturated heterocycles. The van der Waals surface area contributed by atoms with Crippen molar-refractivity contribution in [3.8, 4) is 11.5 Å². The smallest absolute Gasteiger partial charge is 0.338 e. The molecule has 0 saturated carbocycles. The SMILES string of the molecule is COc1ccc(F)cc1COC(=O)c1ccc(OC)c(S(=O)(=O)N2CCCC2)c1. The summed E-state index contributed by atoms with van der Waals surface area (Å²) in [5, 5.41) is 0. The molecule has 0 unspecified atom stereocenters. The zero-order valence-corrected chi connectivity index (χ0v) is 17.0. The number of carbonyl (C=O) groups is 1. The Hall–Kier alpha value is -2.65. The lowest BCUT2D eigenvalue weighted by Crippen LogP contribution is -2.28. The van der Waals surface area contributed by atoms with Gasteiger partial charge in [-0.05, 0) is 49.2 Å². The van der Waals surface area contributed by atoms with E-state index < -0.39 is 21.8 Å². The third kappa shape index (κ3) is 4.51. The van der Waals surface area contributed by atoms with E-state index in [0.717, 1.165) is 12.8 Å². The van der Waals surface area contributed by atoms with Crippen molar-refractivity contribution in [2.45, 2.75) is 24.3 Å². The largest absolute Gasteiger partial charge is 0.496 e. The average molecular weight is 423 g/mol. The Kier molecular flexibility index (Phi) is 6.39. The lowest BCUT2D eigenvalue weighted by atomic mass is 10.2. The topological polar surface area (TPSA) is 82.1 Å². The van der Waals surface area contributed by atoms with Gasteiger partial charge in [0.2, 0.25) is 10.0 Å². The monoisotopic (exact) mass is 423 g/mol. The van der Waals surface area contributed by atoms with Crippen molar-refractivity contribution in [3.05, 3.63) is 53.3 Å². The summed E-state index contributed by atoms with van der Waals surface area (Å²) in [6.45, 7) is 0.638. The summed E-state index contributed by atoms with van der Waals surface area (Å²) in [4.78, 5) is 12.4. The van der Waals surface area contributed by atoms with E-state index in [-0.39, 0.29) is 22.8 Å². The van der Waals surface area contributed by atoms with Gasteiger partial charge in [-0.3, -0.25) is 0 Å². The highest BCUT2D eigenvalue weighted by Crippen LogP contribution is 2.30. The normalized spacial score (nSPS) is 14.6. The number of halogens is 1. The fraction of sp³-hybridized carbons (Fsp3) is 0.350. The molecule has 0 spiro atoms. The van der Waals surface area contributed by atoms with Gasteiger partial charge in [-0.25, -0.2) is 17.6 Å². The molecule has 2 aromatic carbocycles. The first-order chi connectivity index (χ1) is 13.9. The molecule has 0 bridgehead atoms. The molecule has 156 valence electrons. The van der Waals surface area contributed by atoms with Crippen LogP contribution in [-0.2, 0) is 21.4 Å². The molecule has 0 aromatic heterocycles. The summed E-state index contributed by atoms with van der Waals surface area (Å²) in [5.41, 5.74) is 0.415. The summed E-state index contributed by atoms with van der Waals surface area (Å²) in [5.74, 6) is -0.691. The Morgan fingerprint density at radius 2 is 1.69 bits per heavy atom. The number of nitrogens with zero attached hydrogens (tertiary/aromatic N) is 1. The van der Waals surface area contributed by atoms with Crippen molar-refractivity contribution in [2.75, 3.05) is 27.3 Å². The number of hydrogen-bond donors (Lipinski definition) is 0. The first-order valence-corrected chi connectivity index (χ1v) is 10.5. The fourth-order valence-electron chi connectivity index (χ4n) is 3.16. The van der Waals surface area contributed by atoms with Gasteiger partial charge in [-0.15, -0.1) is 0 Å². The van der Waals surface area contributed by atoms with E-state index in [1.165, 1.54) is 54.9 Å². The van der Waals surface area contributed by atoms with Crippen LogP contribution in [0.25, 0.3) is 0 Å². The van der Waals surface area contributed by atoms with Crippen molar-refractivity contribution >= 4 is 16.0 Å². The maximum Gasteiger partial charge on any atom is 0.338 e. The van der Waals surface area contributed by atoms with Crippen LogP contribution in [0.1, 0.15) is 28.8 Å². The number of rotatable bonds is 7. The van der Waals surface area contributed by atoms with Crippen molar-refractivity contribution in [1.82, 2.24) is 4.31 Å².